The standard InChI is InChI=1S/C3H8FNO/c1-3(5)6-2-4/h3H,2,5H2,1H3/t3-/m0/s1. The first-order valence-corrected chi connectivity index (χ1v) is 1.70. The highest BCUT2D eigenvalue weighted by Crippen LogP contribution is 1.76. The summed E-state index contributed by atoms with van der Waals surface area (Å²) >= 11 is 0. The van der Waals surface area contributed by atoms with Gasteiger partial charge in [-0.15, -0.1) is 0 Å². The Kier molecular flexibility index (Phi) is 2.98. The summed E-state index contributed by atoms with van der Waals surface area (Å²) in [6.45, 7) is 0.775. The fraction of sp³-hybridized carbons (Fsp3) is 1.00. The van der Waals surface area contributed by atoms with E-state index in [9.17, 15) is 4.39 Å². The summed E-state index contributed by atoms with van der Waals surface area (Å²) in [7, 11) is 0. The predicted octanol–water partition coefficient (Wildman–Crippen LogP) is 0.235. The third-order valence-electron chi connectivity index (χ3n) is 0.326. The van der Waals surface area contributed by atoms with Crippen molar-refractivity contribution in [3.05, 3.63) is 0 Å². The normalized spacial score (nSPS) is 14.5. The molecule has 6 heavy (non-hydrogen) atoms. The van der Waals surface area contributed by atoms with Crippen LogP contribution in [0.1, 0.15) is 6.92 Å². The number of rotatable bonds is 2. The van der Waals surface area contributed by atoms with E-state index in [0.29, 0.717) is 0 Å². The van der Waals surface area contributed by atoms with Gasteiger partial charge in [-0.2, -0.15) is 0 Å². The zero-order valence-corrected chi connectivity index (χ0v) is 3.65. The molecule has 1 atom stereocenters. The van der Waals surface area contributed by atoms with Gasteiger partial charge in [0.2, 0.25) is 0 Å². The Balaban J connectivity index is 2.63. The third-order valence-corrected chi connectivity index (χ3v) is 0.326. The van der Waals surface area contributed by atoms with E-state index in [1.807, 2.05) is 0 Å². The van der Waals surface area contributed by atoms with Gasteiger partial charge >= 0.3 is 0 Å². The van der Waals surface area contributed by atoms with Gasteiger partial charge in [-0.3, -0.25) is 0 Å². The number of ether oxygens (including phenoxy) is 1. The van der Waals surface area contributed by atoms with E-state index in [1.165, 1.54) is 0 Å². The maximum absolute atomic E-state index is 10.9. The van der Waals surface area contributed by atoms with Crippen LogP contribution in [-0.4, -0.2) is 13.1 Å². The van der Waals surface area contributed by atoms with Gasteiger partial charge in [0.1, 0.15) is 6.23 Å². The van der Waals surface area contributed by atoms with Crippen molar-refractivity contribution in [1.29, 1.82) is 0 Å². The lowest BCUT2D eigenvalue weighted by Crippen LogP contribution is -2.18. The molecular formula is C3H8FNO. The molecule has 38 valence electrons. The van der Waals surface area contributed by atoms with Crippen LogP contribution in [0.15, 0.2) is 0 Å². The molecule has 0 aromatic carbocycles. The maximum atomic E-state index is 10.9. The van der Waals surface area contributed by atoms with Crippen LogP contribution >= 0.6 is 0 Å². The summed E-state index contributed by atoms with van der Waals surface area (Å²) in [5.74, 6) is 0. The molecule has 0 fully saturated rings. The molecule has 0 bridgehead atoms. The quantitative estimate of drug-likeness (QED) is 0.496. The largest absolute Gasteiger partial charge is 0.333 e. The van der Waals surface area contributed by atoms with Crippen LogP contribution in [0.2, 0.25) is 0 Å². The molecular weight excluding hydrogens is 85.0 g/mol. The molecule has 0 saturated heterocycles. The summed E-state index contributed by atoms with van der Waals surface area (Å²) in [5, 5.41) is 0. The van der Waals surface area contributed by atoms with Crippen molar-refractivity contribution in [1.82, 2.24) is 0 Å². The van der Waals surface area contributed by atoms with Crippen molar-refractivity contribution < 1.29 is 9.13 Å². The van der Waals surface area contributed by atoms with E-state index in [1.54, 1.807) is 6.92 Å². The first-order chi connectivity index (χ1) is 2.77. The number of hydrogen-bond donors (Lipinski definition) is 1. The van der Waals surface area contributed by atoms with Crippen molar-refractivity contribution in [3.63, 3.8) is 0 Å². The highest BCUT2D eigenvalue weighted by molar-refractivity contribution is 4.25. The van der Waals surface area contributed by atoms with Gasteiger partial charge in [0.15, 0.2) is 6.86 Å². The molecule has 0 aromatic rings. The van der Waals surface area contributed by atoms with E-state index >= 15 is 0 Å². The first-order valence-electron chi connectivity index (χ1n) is 1.70. The monoisotopic (exact) mass is 93.1 g/mol. The van der Waals surface area contributed by atoms with Gasteiger partial charge in [-0.25, -0.2) is 4.39 Å². The minimum atomic E-state index is -0.794. The number of halogens is 1. The van der Waals surface area contributed by atoms with Gasteiger partial charge < -0.3 is 10.5 Å². The molecule has 0 radical (unpaired) electrons. The number of alkyl halides is 1. The summed E-state index contributed by atoms with van der Waals surface area (Å²) in [4.78, 5) is 0. The van der Waals surface area contributed by atoms with Crippen molar-refractivity contribution in [2.75, 3.05) is 6.86 Å². The molecule has 0 unspecified atom stereocenters. The summed E-state index contributed by atoms with van der Waals surface area (Å²) in [6, 6.07) is 0. The molecule has 3 heteroatoms. The Hall–Kier alpha value is -0.150. The summed E-state index contributed by atoms with van der Waals surface area (Å²) < 4.78 is 15.1. The summed E-state index contributed by atoms with van der Waals surface area (Å²) in [5.41, 5.74) is 4.94. The zero-order valence-electron chi connectivity index (χ0n) is 3.65. The molecule has 0 heterocycles. The van der Waals surface area contributed by atoms with Crippen molar-refractivity contribution in [2.24, 2.45) is 5.73 Å². The van der Waals surface area contributed by atoms with Crippen LogP contribution in [0.4, 0.5) is 4.39 Å². The fourth-order valence-corrected chi connectivity index (χ4v) is 0.0994. The Morgan fingerprint density at radius 2 is 2.50 bits per heavy atom. The minimum Gasteiger partial charge on any atom is -0.333 e. The second-order valence-electron chi connectivity index (χ2n) is 0.981. The molecule has 0 aromatic heterocycles. The van der Waals surface area contributed by atoms with E-state index in [-0.39, 0.29) is 0 Å². The van der Waals surface area contributed by atoms with E-state index in [4.69, 9.17) is 5.73 Å². The Bertz CT molecular complexity index is 32.0. The SMILES string of the molecule is C[C@@H](N)OCF. The number of hydrogen-bond acceptors (Lipinski definition) is 2. The highest BCUT2D eigenvalue weighted by atomic mass is 19.1. The first kappa shape index (κ1) is 5.85. The molecule has 0 rings (SSSR count). The Labute approximate surface area is 36.1 Å². The molecule has 0 aliphatic rings. The predicted molar refractivity (Wildman–Crippen MR) is 20.7 cm³/mol. The van der Waals surface area contributed by atoms with Crippen LogP contribution in [-0.2, 0) is 4.74 Å². The van der Waals surface area contributed by atoms with Crippen LogP contribution in [0.5, 0.6) is 0 Å². The van der Waals surface area contributed by atoms with Gasteiger partial charge in [-0.05, 0) is 6.92 Å². The van der Waals surface area contributed by atoms with Gasteiger partial charge in [0.05, 0.1) is 0 Å². The lowest BCUT2D eigenvalue weighted by Gasteiger charge is -1.98. The molecule has 0 aliphatic carbocycles. The van der Waals surface area contributed by atoms with Gasteiger partial charge in [-0.1, -0.05) is 0 Å². The van der Waals surface area contributed by atoms with Crippen LogP contribution in [0.3, 0.4) is 0 Å². The molecule has 0 spiro atoms. The Morgan fingerprint density at radius 3 is 2.50 bits per heavy atom. The second-order valence-corrected chi connectivity index (χ2v) is 0.981. The van der Waals surface area contributed by atoms with Crippen LogP contribution in [0, 0.1) is 0 Å². The second kappa shape index (κ2) is 3.06. The van der Waals surface area contributed by atoms with Crippen molar-refractivity contribution in [2.45, 2.75) is 13.2 Å². The van der Waals surface area contributed by atoms with Gasteiger partial charge in [0, 0.05) is 0 Å². The number of nitrogens with two attached hydrogens (primary N) is 1. The Morgan fingerprint density at radius 1 is 2.00 bits per heavy atom. The lowest BCUT2D eigenvalue weighted by molar-refractivity contribution is 0.00903. The minimum absolute atomic E-state index is 0.477. The topological polar surface area (TPSA) is 35.2 Å². The average molecular weight is 93.1 g/mol. The van der Waals surface area contributed by atoms with E-state index in [2.05, 4.69) is 4.74 Å². The van der Waals surface area contributed by atoms with Crippen LogP contribution < -0.4 is 5.73 Å². The average Bonchev–Trinajstić information content (AvgIpc) is 1.35. The van der Waals surface area contributed by atoms with E-state index in [0.717, 1.165) is 0 Å². The third kappa shape index (κ3) is 3.85. The fourth-order valence-electron chi connectivity index (χ4n) is 0.0994. The maximum Gasteiger partial charge on any atom is 0.190 e. The zero-order chi connectivity index (χ0) is 4.99. The molecule has 0 amide bonds. The summed E-state index contributed by atoms with van der Waals surface area (Å²) in [6.07, 6.45) is -0.477. The highest BCUT2D eigenvalue weighted by Gasteiger charge is 1.85. The molecule has 2 nitrogen and oxygen atoms in total. The smallest absolute Gasteiger partial charge is 0.190 e. The molecule has 0 aliphatic heterocycles. The van der Waals surface area contributed by atoms with Crippen LogP contribution in [0.25, 0.3) is 0 Å². The van der Waals surface area contributed by atoms with Gasteiger partial charge in [0.25, 0.3) is 0 Å². The van der Waals surface area contributed by atoms with Crippen molar-refractivity contribution in [3.8, 4) is 0 Å². The van der Waals surface area contributed by atoms with E-state index < -0.39 is 13.1 Å². The lowest BCUT2D eigenvalue weighted by atomic mass is 10.7. The molecule has 2 N–H and O–H groups in total. The molecule has 0 saturated carbocycles. The van der Waals surface area contributed by atoms with Crippen molar-refractivity contribution >= 4 is 0 Å².